The van der Waals surface area contributed by atoms with Crippen molar-refractivity contribution in [1.82, 2.24) is 0 Å². The van der Waals surface area contributed by atoms with E-state index >= 15 is 0 Å². The fraction of sp³-hybridized carbons (Fsp3) is 0.154. The Hall–Kier alpha value is -2.03. The number of esters is 1. The zero-order chi connectivity index (χ0) is 11.4. The van der Waals surface area contributed by atoms with Crippen LogP contribution < -0.4 is 0 Å². The highest BCUT2D eigenvalue weighted by Gasteiger charge is 2.16. The average molecular weight is 216 g/mol. The number of furan rings is 1. The lowest BCUT2D eigenvalue weighted by Gasteiger charge is -2.02. The zero-order valence-corrected chi connectivity index (χ0v) is 8.97. The highest BCUT2D eigenvalue weighted by molar-refractivity contribution is 5.95. The molecule has 0 aliphatic carbocycles. The Morgan fingerprint density at radius 3 is 2.69 bits per heavy atom. The maximum absolute atomic E-state index is 11.6. The topological polar surface area (TPSA) is 39.4 Å². The minimum atomic E-state index is -0.352. The lowest BCUT2D eigenvalue weighted by molar-refractivity contribution is 0.0527. The number of rotatable bonds is 3. The van der Waals surface area contributed by atoms with Crippen LogP contribution in [0.15, 0.2) is 47.1 Å². The summed E-state index contributed by atoms with van der Waals surface area (Å²) < 4.78 is 10.3. The molecule has 0 fully saturated rings. The summed E-state index contributed by atoms with van der Waals surface area (Å²) in [7, 11) is 0. The molecule has 0 aliphatic heterocycles. The van der Waals surface area contributed by atoms with E-state index in [-0.39, 0.29) is 5.97 Å². The number of hydrogen-bond donors (Lipinski definition) is 0. The maximum Gasteiger partial charge on any atom is 0.342 e. The Morgan fingerprint density at radius 2 is 2.00 bits per heavy atom. The molecule has 3 heteroatoms. The quantitative estimate of drug-likeness (QED) is 0.740. The molecule has 0 unspecified atom stereocenters. The SMILES string of the molecule is CCOC(=O)c1ccoc1-c1ccccc1. The Kier molecular flexibility index (Phi) is 3.05. The molecule has 1 aromatic heterocycles. The van der Waals surface area contributed by atoms with Gasteiger partial charge in [0.2, 0.25) is 0 Å². The Morgan fingerprint density at radius 1 is 1.25 bits per heavy atom. The summed E-state index contributed by atoms with van der Waals surface area (Å²) in [6.45, 7) is 2.14. The van der Waals surface area contributed by atoms with E-state index in [0.717, 1.165) is 5.56 Å². The third kappa shape index (κ3) is 1.98. The van der Waals surface area contributed by atoms with Crippen LogP contribution in [0, 0.1) is 0 Å². The van der Waals surface area contributed by atoms with E-state index in [2.05, 4.69) is 0 Å². The minimum absolute atomic E-state index is 0.352. The molecule has 1 heterocycles. The van der Waals surface area contributed by atoms with E-state index in [1.807, 2.05) is 30.3 Å². The second-order valence-corrected chi connectivity index (χ2v) is 3.25. The highest BCUT2D eigenvalue weighted by Crippen LogP contribution is 2.25. The van der Waals surface area contributed by atoms with Crippen molar-refractivity contribution >= 4 is 5.97 Å². The zero-order valence-electron chi connectivity index (χ0n) is 8.97. The standard InChI is InChI=1S/C13H12O3/c1-2-15-13(14)11-8-9-16-12(11)10-6-4-3-5-7-10/h3-9H,2H2,1H3. The monoisotopic (exact) mass is 216 g/mol. The van der Waals surface area contributed by atoms with Crippen molar-refractivity contribution in [2.75, 3.05) is 6.61 Å². The summed E-state index contributed by atoms with van der Waals surface area (Å²) in [5.74, 6) is 0.203. The van der Waals surface area contributed by atoms with Gasteiger partial charge in [-0.05, 0) is 13.0 Å². The van der Waals surface area contributed by atoms with Gasteiger partial charge in [0.05, 0.1) is 12.9 Å². The summed E-state index contributed by atoms with van der Waals surface area (Å²) in [5, 5.41) is 0. The van der Waals surface area contributed by atoms with E-state index in [9.17, 15) is 4.79 Å². The summed E-state index contributed by atoms with van der Waals surface area (Å²) in [6, 6.07) is 11.1. The second kappa shape index (κ2) is 4.66. The second-order valence-electron chi connectivity index (χ2n) is 3.25. The van der Waals surface area contributed by atoms with Crippen LogP contribution in [0.4, 0.5) is 0 Å². The van der Waals surface area contributed by atoms with Gasteiger partial charge < -0.3 is 9.15 Å². The fourth-order valence-electron chi connectivity index (χ4n) is 1.49. The lowest BCUT2D eigenvalue weighted by atomic mass is 10.1. The normalized spacial score (nSPS) is 10.1. The molecular weight excluding hydrogens is 204 g/mol. The Balaban J connectivity index is 2.37. The summed E-state index contributed by atoms with van der Waals surface area (Å²) >= 11 is 0. The molecule has 0 atom stereocenters. The summed E-state index contributed by atoms with van der Waals surface area (Å²) in [6.07, 6.45) is 1.49. The van der Waals surface area contributed by atoms with Gasteiger partial charge in [0.25, 0.3) is 0 Å². The molecule has 0 N–H and O–H groups in total. The average Bonchev–Trinajstić information content (AvgIpc) is 2.79. The van der Waals surface area contributed by atoms with Gasteiger partial charge in [-0.1, -0.05) is 30.3 Å². The third-order valence-corrected chi connectivity index (χ3v) is 2.20. The molecule has 0 bridgehead atoms. The van der Waals surface area contributed by atoms with E-state index in [1.54, 1.807) is 13.0 Å². The first-order valence-corrected chi connectivity index (χ1v) is 5.13. The number of hydrogen-bond acceptors (Lipinski definition) is 3. The van der Waals surface area contributed by atoms with Gasteiger partial charge in [0.1, 0.15) is 11.3 Å². The predicted octanol–water partition coefficient (Wildman–Crippen LogP) is 3.12. The van der Waals surface area contributed by atoms with Crippen LogP contribution in [-0.4, -0.2) is 12.6 Å². The van der Waals surface area contributed by atoms with Crippen LogP contribution in [0.5, 0.6) is 0 Å². The van der Waals surface area contributed by atoms with E-state index in [0.29, 0.717) is 17.9 Å². The maximum atomic E-state index is 11.6. The molecule has 0 spiro atoms. The third-order valence-electron chi connectivity index (χ3n) is 2.20. The van der Waals surface area contributed by atoms with Crippen molar-refractivity contribution in [3.8, 4) is 11.3 Å². The molecule has 16 heavy (non-hydrogen) atoms. The van der Waals surface area contributed by atoms with Gasteiger partial charge in [0.15, 0.2) is 0 Å². The van der Waals surface area contributed by atoms with Crippen molar-refractivity contribution in [2.24, 2.45) is 0 Å². The lowest BCUT2D eigenvalue weighted by Crippen LogP contribution is -2.04. The van der Waals surface area contributed by atoms with Crippen LogP contribution in [0.25, 0.3) is 11.3 Å². The number of carbonyl (C=O) groups excluding carboxylic acids is 1. The van der Waals surface area contributed by atoms with Gasteiger partial charge >= 0.3 is 5.97 Å². The first-order chi connectivity index (χ1) is 7.83. The van der Waals surface area contributed by atoms with E-state index in [4.69, 9.17) is 9.15 Å². The van der Waals surface area contributed by atoms with Crippen molar-refractivity contribution < 1.29 is 13.9 Å². The van der Waals surface area contributed by atoms with Crippen LogP contribution in [0.2, 0.25) is 0 Å². The molecule has 82 valence electrons. The van der Waals surface area contributed by atoms with Crippen molar-refractivity contribution in [2.45, 2.75) is 6.92 Å². The molecule has 1 aromatic carbocycles. The van der Waals surface area contributed by atoms with Crippen LogP contribution in [0.3, 0.4) is 0 Å². The molecular formula is C13H12O3. The molecule has 2 aromatic rings. The molecule has 0 amide bonds. The number of carbonyl (C=O) groups is 1. The predicted molar refractivity (Wildman–Crippen MR) is 60.1 cm³/mol. The van der Waals surface area contributed by atoms with Gasteiger partial charge in [-0.25, -0.2) is 4.79 Å². The summed E-state index contributed by atoms with van der Waals surface area (Å²) in [5.41, 5.74) is 1.34. The fourth-order valence-corrected chi connectivity index (χ4v) is 1.49. The summed E-state index contributed by atoms with van der Waals surface area (Å²) in [4.78, 5) is 11.6. The molecule has 0 radical (unpaired) electrons. The molecule has 0 aliphatic rings. The molecule has 2 rings (SSSR count). The van der Waals surface area contributed by atoms with Crippen molar-refractivity contribution in [3.05, 3.63) is 48.2 Å². The first kappa shape index (κ1) is 10.5. The van der Waals surface area contributed by atoms with Crippen LogP contribution in [-0.2, 0) is 4.74 Å². The Labute approximate surface area is 93.7 Å². The van der Waals surface area contributed by atoms with Crippen LogP contribution >= 0.6 is 0 Å². The molecule has 0 saturated carbocycles. The molecule has 3 nitrogen and oxygen atoms in total. The van der Waals surface area contributed by atoms with Crippen molar-refractivity contribution in [3.63, 3.8) is 0 Å². The van der Waals surface area contributed by atoms with Gasteiger partial charge in [0, 0.05) is 5.56 Å². The minimum Gasteiger partial charge on any atom is -0.463 e. The van der Waals surface area contributed by atoms with Gasteiger partial charge in [-0.15, -0.1) is 0 Å². The van der Waals surface area contributed by atoms with Gasteiger partial charge in [-0.2, -0.15) is 0 Å². The largest absolute Gasteiger partial charge is 0.463 e. The molecule has 0 saturated heterocycles. The Bertz CT molecular complexity index is 471. The highest BCUT2D eigenvalue weighted by atomic mass is 16.5. The van der Waals surface area contributed by atoms with Gasteiger partial charge in [-0.3, -0.25) is 0 Å². The smallest absolute Gasteiger partial charge is 0.342 e. The van der Waals surface area contributed by atoms with Crippen LogP contribution in [0.1, 0.15) is 17.3 Å². The van der Waals surface area contributed by atoms with E-state index in [1.165, 1.54) is 6.26 Å². The van der Waals surface area contributed by atoms with E-state index < -0.39 is 0 Å². The number of ether oxygens (including phenoxy) is 1. The van der Waals surface area contributed by atoms with Crippen molar-refractivity contribution in [1.29, 1.82) is 0 Å². The first-order valence-electron chi connectivity index (χ1n) is 5.13. The number of benzene rings is 1.